The number of rotatable bonds is 2. The standard InChI is InChI=1S/C13H11N5OS/c19-12-17-10-4-3-8(6-11(10)18-12)15-13(20)16-9-2-1-5-14-7-9/h1-7H,(H2,15,16,20)(H2,17,18,19). The zero-order valence-electron chi connectivity index (χ0n) is 10.3. The molecule has 0 bridgehead atoms. The molecule has 0 saturated heterocycles. The molecule has 0 spiro atoms. The van der Waals surface area contributed by atoms with Crippen molar-refractivity contribution in [3.8, 4) is 0 Å². The Morgan fingerprint density at radius 1 is 1.10 bits per heavy atom. The monoisotopic (exact) mass is 285 g/mol. The maximum atomic E-state index is 11.2. The van der Waals surface area contributed by atoms with Crippen molar-refractivity contribution >= 4 is 39.7 Å². The molecule has 7 heteroatoms. The molecule has 0 fully saturated rings. The van der Waals surface area contributed by atoms with Crippen LogP contribution in [-0.2, 0) is 0 Å². The lowest BCUT2D eigenvalue weighted by atomic mass is 10.3. The number of aromatic amines is 2. The van der Waals surface area contributed by atoms with Gasteiger partial charge >= 0.3 is 5.69 Å². The summed E-state index contributed by atoms with van der Waals surface area (Å²) in [4.78, 5) is 20.6. The highest BCUT2D eigenvalue weighted by atomic mass is 32.1. The number of H-pyrrole nitrogens is 2. The number of fused-ring (bicyclic) bond motifs is 1. The van der Waals surface area contributed by atoms with Gasteiger partial charge in [-0.05, 0) is 42.5 Å². The summed E-state index contributed by atoms with van der Waals surface area (Å²) in [7, 11) is 0. The van der Waals surface area contributed by atoms with Crippen molar-refractivity contribution in [2.75, 3.05) is 10.6 Å². The molecule has 0 unspecified atom stereocenters. The summed E-state index contributed by atoms with van der Waals surface area (Å²) in [6, 6.07) is 9.14. The van der Waals surface area contributed by atoms with E-state index in [1.807, 2.05) is 30.3 Å². The van der Waals surface area contributed by atoms with Gasteiger partial charge in [-0.15, -0.1) is 0 Å². The van der Waals surface area contributed by atoms with Crippen molar-refractivity contribution < 1.29 is 0 Å². The second kappa shape index (κ2) is 5.14. The first-order valence-corrected chi connectivity index (χ1v) is 6.31. The van der Waals surface area contributed by atoms with E-state index >= 15 is 0 Å². The average molecular weight is 285 g/mol. The summed E-state index contributed by atoms with van der Waals surface area (Å²) in [6.45, 7) is 0. The van der Waals surface area contributed by atoms with E-state index in [4.69, 9.17) is 12.2 Å². The molecule has 0 amide bonds. The van der Waals surface area contributed by atoms with Crippen molar-refractivity contribution in [2.45, 2.75) is 0 Å². The molecule has 2 aromatic heterocycles. The lowest BCUT2D eigenvalue weighted by molar-refractivity contribution is 1.22. The van der Waals surface area contributed by atoms with Gasteiger partial charge in [0, 0.05) is 11.9 Å². The predicted octanol–water partition coefficient (Wildman–Crippen LogP) is 2.06. The van der Waals surface area contributed by atoms with Crippen LogP contribution in [0.25, 0.3) is 11.0 Å². The van der Waals surface area contributed by atoms with Gasteiger partial charge in [0.25, 0.3) is 0 Å². The molecule has 100 valence electrons. The van der Waals surface area contributed by atoms with E-state index in [0.717, 1.165) is 22.4 Å². The first-order valence-electron chi connectivity index (χ1n) is 5.91. The molecule has 0 aliphatic heterocycles. The van der Waals surface area contributed by atoms with Crippen molar-refractivity contribution in [1.29, 1.82) is 0 Å². The Morgan fingerprint density at radius 3 is 2.70 bits per heavy atom. The van der Waals surface area contributed by atoms with E-state index in [0.29, 0.717) is 5.11 Å². The molecule has 20 heavy (non-hydrogen) atoms. The van der Waals surface area contributed by atoms with Gasteiger partial charge < -0.3 is 20.6 Å². The number of anilines is 2. The minimum absolute atomic E-state index is 0.229. The Hall–Kier alpha value is -2.67. The summed E-state index contributed by atoms with van der Waals surface area (Å²) < 4.78 is 0. The van der Waals surface area contributed by atoms with Crippen LogP contribution in [0.3, 0.4) is 0 Å². The van der Waals surface area contributed by atoms with Crippen LogP contribution in [0.15, 0.2) is 47.5 Å². The topological polar surface area (TPSA) is 85.6 Å². The number of hydrogen-bond acceptors (Lipinski definition) is 3. The first kappa shape index (κ1) is 12.4. The van der Waals surface area contributed by atoms with E-state index in [1.165, 1.54) is 0 Å². The fraction of sp³-hybridized carbons (Fsp3) is 0. The molecule has 3 rings (SSSR count). The molecule has 2 heterocycles. The van der Waals surface area contributed by atoms with E-state index in [1.54, 1.807) is 12.4 Å². The Morgan fingerprint density at radius 2 is 1.90 bits per heavy atom. The fourth-order valence-electron chi connectivity index (χ4n) is 1.84. The normalized spacial score (nSPS) is 10.4. The molecule has 0 aliphatic carbocycles. The van der Waals surface area contributed by atoms with E-state index in [2.05, 4.69) is 25.6 Å². The SMILES string of the molecule is O=c1[nH]c2ccc(NC(=S)Nc3cccnc3)cc2[nH]1. The summed E-state index contributed by atoms with van der Waals surface area (Å²) in [5.74, 6) is 0. The molecular formula is C13H11N5OS. The van der Waals surface area contributed by atoms with Crippen molar-refractivity contribution in [1.82, 2.24) is 15.0 Å². The third kappa shape index (κ3) is 2.67. The Balaban J connectivity index is 1.75. The fourth-order valence-corrected chi connectivity index (χ4v) is 2.08. The number of imidazole rings is 1. The van der Waals surface area contributed by atoms with Gasteiger partial charge in [0.1, 0.15) is 0 Å². The predicted molar refractivity (Wildman–Crippen MR) is 83.0 cm³/mol. The lowest BCUT2D eigenvalue weighted by Gasteiger charge is -2.10. The van der Waals surface area contributed by atoms with E-state index < -0.39 is 0 Å². The third-order valence-corrected chi connectivity index (χ3v) is 2.90. The Labute approximate surface area is 119 Å². The largest absolute Gasteiger partial charge is 0.332 e. The van der Waals surface area contributed by atoms with Crippen molar-refractivity contribution in [3.63, 3.8) is 0 Å². The maximum absolute atomic E-state index is 11.2. The summed E-state index contributed by atoms with van der Waals surface area (Å²) in [5, 5.41) is 6.52. The minimum atomic E-state index is -0.229. The van der Waals surface area contributed by atoms with Crippen LogP contribution in [-0.4, -0.2) is 20.1 Å². The molecule has 6 nitrogen and oxygen atoms in total. The molecule has 0 saturated carbocycles. The summed E-state index contributed by atoms with van der Waals surface area (Å²) >= 11 is 5.22. The van der Waals surface area contributed by atoms with E-state index in [9.17, 15) is 4.79 Å². The van der Waals surface area contributed by atoms with Gasteiger partial charge in [0.2, 0.25) is 0 Å². The molecule has 0 radical (unpaired) electrons. The zero-order chi connectivity index (χ0) is 13.9. The second-order valence-electron chi connectivity index (χ2n) is 4.16. The van der Waals surface area contributed by atoms with E-state index in [-0.39, 0.29) is 5.69 Å². The quantitative estimate of drug-likeness (QED) is 0.542. The number of nitrogens with one attached hydrogen (secondary N) is 4. The number of nitrogens with zero attached hydrogens (tertiary/aromatic N) is 1. The van der Waals surface area contributed by atoms with Gasteiger partial charge in [-0.2, -0.15) is 0 Å². The molecule has 0 aliphatic rings. The van der Waals surface area contributed by atoms with Crippen LogP contribution < -0.4 is 16.3 Å². The number of hydrogen-bond donors (Lipinski definition) is 4. The number of thiocarbonyl (C=S) groups is 1. The Kier molecular flexibility index (Phi) is 3.18. The van der Waals surface area contributed by atoms with Crippen LogP contribution >= 0.6 is 12.2 Å². The van der Waals surface area contributed by atoms with Gasteiger partial charge in [-0.3, -0.25) is 4.98 Å². The summed E-state index contributed by atoms with van der Waals surface area (Å²) in [6.07, 6.45) is 3.37. The van der Waals surface area contributed by atoms with Crippen molar-refractivity contribution in [3.05, 3.63) is 53.2 Å². The van der Waals surface area contributed by atoms with Crippen LogP contribution in [0.5, 0.6) is 0 Å². The third-order valence-electron chi connectivity index (χ3n) is 2.69. The number of pyridine rings is 1. The van der Waals surface area contributed by atoms with Gasteiger partial charge in [-0.1, -0.05) is 0 Å². The second-order valence-corrected chi connectivity index (χ2v) is 4.57. The minimum Gasteiger partial charge on any atom is -0.332 e. The highest BCUT2D eigenvalue weighted by Gasteiger charge is 2.02. The molecule has 1 aromatic carbocycles. The van der Waals surface area contributed by atoms with Gasteiger partial charge in [-0.25, -0.2) is 4.79 Å². The van der Waals surface area contributed by atoms with Gasteiger partial charge in [0.15, 0.2) is 5.11 Å². The van der Waals surface area contributed by atoms with Crippen LogP contribution in [0, 0.1) is 0 Å². The smallest absolute Gasteiger partial charge is 0.323 e. The van der Waals surface area contributed by atoms with Crippen LogP contribution in [0.4, 0.5) is 11.4 Å². The molecule has 0 atom stereocenters. The van der Waals surface area contributed by atoms with Crippen LogP contribution in [0.2, 0.25) is 0 Å². The number of benzene rings is 1. The average Bonchev–Trinajstić information content (AvgIpc) is 2.79. The van der Waals surface area contributed by atoms with Gasteiger partial charge in [0.05, 0.1) is 22.9 Å². The lowest BCUT2D eigenvalue weighted by Crippen LogP contribution is -2.19. The molecule has 4 N–H and O–H groups in total. The highest BCUT2D eigenvalue weighted by molar-refractivity contribution is 7.80. The summed E-state index contributed by atoms with van der Waals surface area (Å²) in [5.41, 5.74) is 2.85. The number of aromatic nitrogens is 3. The zero-order valence-corrected chi connectivity index (χ0v) is 11.1. The Bertz CT molecular complexity index is 808. The highest BCUT2D eigenvalue weighted by Crippen LogP contribution is 2.15. The first-order chi connectivity index (χ1) is 9.70. The van der Waals surface area contributed by atoms with Crippen LogP contribution in [0.1, 0.15) is 0 Å². The van der Waals surface area contributed by atoms with Crippen molar-refractivity contribution in [2.24, 2.45) is 0 Å². The maximum Gasteiger partial charge on any atom is 0.323 e. The molecular weight excluding hydrogens is 274 g/mol. The molecule has 3 aromatic rings.